The van der Waals surface area contributed by atoms with Crippen LogP contribution in [0.2, 0.25) is 0 Å². The first-order valence-electron chi connectivity index (χ1n) is 10.6. The molecule has 0 unspecified atom stereocenters. The van der Waals surface area contributed by atoms with Crippen molar-refractivity contribution in [1.29, 1.82) is 0 Å². The summed E-state index contributed by atoms with van der Waals surface area (Å²) in [4.78, 5) is 30.3. The standard InChI is InChI=1S/C25H28N4O2/c1-27-14-16-28(17-15-27)18-21-9-11-22(12-10-21)26-24(30)23-8-5-13-29(25(23)31)19-20-6-3-2-4-7-20/h2-13H,14-19H2,1H3,(H,26,30). The van der Waals surface area contributed by atoms with Crippen LogP contribution in [0.3, 0.4) is 0 Å². The largest absolute Gasteiger partial charge is 0.322 e. The van der Waals surface area contributed by atoms with Crippen LogP contribution in [0.15, 0.2) is 77.7 Å². The van der Waals surface area contributed by atoms with Crippen LogP contribution in [0, 0.1) is 0 Å². The maximum absolute atomic E-state index is 12.8. The zero-order valence-corrected chi connectivity index (χ0v) is 17.8. The topological polar surface area (TPSA) is 57.6 Å². The van der Waals surface area contributed by atoms with Gasteiger partial charge < -0.3 is 14.8 Å². The molecule has 1 amide bonds. The highest BCUT2D eigenvalue weighted by molar-refractivity contribution is 6.03. The molecular weight excluding hydrogens is 388 g/mol. The van der Waals surface area contributed by atoms with E-state index in [2.05, 4.69) is 22.2 Å². The molecule has 2 heterocycles. The maximum atomic E-state index is 12.8. The van der Waals surface area contributed by atoms with Gasteiger partial charge in [-0.15, -0.1) is 0 Å². The molecular formula is C25H28N4O2. The summed E-state index contributed by atoms with van der Waals surface area (Å²) < 4.78 is 1.56. The van der Waals surface area contributed by atoms with Crippen molar-refractivity contribution in [2.75, 3.05) is 38.5 Å². The Morgan fingerprint density at radius 1 is 0.839 bits per heavy atom. The van der Waals surface area contributed by atoms with Crippen molar-refractivity contribution < 1.29 is 4.79 Å². The first-order valence-corrected chi connectivity index (χ1v) is 10.6. The van der Waals surface area contributed by atoms with Crippen molar-refractivity contribution in [3.63, 3.8) is 0 Å². The van der Waals surface area contributed by atoms with E-state index in [0.29, 0.717) is 12.2 Å². The molecule has 0 radical (unpaired) electrons. The number of benzene rings is 2. The fraction of sp³-hybridized carbons (Fsp3) is 0.280. The normalized spacial score (nSPS) is 15.0. The highest BCUT2D eigenvalue weighted by atomic mass is 16.2. The van der Waals surface area contributed by atoms with Crippen LogP contribution in [0.25, 0.3) is 0 Å². The molecule has 1 aromatic heterocycles. The highest BCUT2D eigenvalue weighted by Gasteiger charge is 2.15. The van der Waals surface area contributed by atoms with Crippen LogP contribution in [0.1, 0.15) is 21.5 Å². The summed E-state index contributed by atoms with van der Waals surface area (Å²) in [7, 11) is 2.15. The number of nitrogens with one attached hydrogen (secondary N) is 1. The zero-order chi connectivity index (χ0) is 21.6. The Balaban J connectivity index is 1.40. The van der Waals surface area contributed by atoms with E-state index in [-0.39, 0.29) is 17.0 Å². The van der Waals surface area contributed by atoms with Crippen LogP contribution >= 0.6 is 0 Å². The van der Waals surface area contributed by atoms with Crippen LogP contribution in [0.4, 0.5) is 5.69 Å². The molecule has 0 spiro atoms. The first kappa shape index (κ1) is 21.0. The third kappa shape index (κ3) is 5.48. The number of carbonyl (C=O) groups excluding carboxylic acids is 1. The van der Waals surface area contributed by atoms with E-state index in [1.807, 2.05) is 54.6 Å². The number of anilines is 1. The van der Waals surface area contributed by atoms with E-state index in [4.69, 9.17) is 0 Å². The Kier molecular flexibility index (Phi) is 6.60. The minimum absolute atomic E-state index is 0.139. The third-order valence-electron chi connectivity index (χ3n) is 5.67. The van der Waals surface area contributed by atoms with Gasteiger partial charge in [-0.05, 0) is 42.4 Å². The number of amides is 1. The van der Waals surface area contributed by atoms with Gasteiger partial charge in [-0.2, -0.15) is 0 Å². The van der Waals surface area contributed by atoms with E-state index in [0.717, 1.165) is 38.3 Å². The second-order valence-electron chi connectivity index (χ2n) is 8.07. The summed E-state index contributed by atoms with van der Waals surface area (Å²) in [6.45, 7) is 5.66. The molecule has 1 aliphatic heterocycles. The lowest BCUT2D eigenvalue weighted by molar-refractivity contribution is 0.102. The predicted molar refractivity (Wildman–Crippen MR) is 123 cm³/mol. The molecule has 0 atom stereocenters. The van der Waals surface area contributed by atoms with E-state index >= 15 is 0 Å². The molecule has 1 fully saturated rings. The molecule has 0 aliphatic carbocycles. The lowest BCUT2D eigenvalue weighted by atomic mass is 10.1. The summed E-state index contributed by atoms with van der Waals surface area (Å²) in [5.74, 6) is -0.390. The Morgan fingerprint density at radius 3 is 2.23 bits per heavy atom. The molecule has 0 bridgehead atoms. The smallest absolute Gasteiger partial charge is 0.263 e. The van der Waals surface area contributed by atoms with Gasteiger partial charge in [0.05, 0.1) is 6.54 Å². The maximum Gasteiger partial charge on any atom is 0.263 e. The van der Waals surface area contributed by atoms with Gasteiger partial charge in [-0.3, -0.25) is 14.5 Å². The van der Waals surface area contributed by atoms with Gasteiger partial charge in [0, 0.05) is 44.6 Å². The lowest BCUT2D eigenvalue weighted by Crippen LogP contribution is -2.43. The van der Waals surface area contributed by atoms with Gasteiger partial charge >= 0.3 is 0 Å². The van der Waals surface area contributed by atoms with Gasteiger partial charge in [0.2, 0.25) is 0 Å². The van der Waals surface area contributed by atoms with Gasteiger partial charge in [0.15, 0.2) is 0 Å². The minimum atomic E-state index is -0.390. The quantitative estimate of drug-likeness (QED) is 0.671. The summed E-state index contributed by atoms with van der Waals surface area (Å²) in [5, 5.41) is 2.85. The van der Waals surface area contributed by atoms with Gasteiger partial charge in [-0.1, -0.05) is 42.5 Å². The zero-order valence-electron chi connectivity index (χ0n) is 17.8. The van der Waals surface area contributed by atoms with Crippen LogP contribution in [0.5, 0.6) is 0 Å². The molecule has 1 aliphatic rings. The van der Waals surface area contributed by atoms with Crippen molar-refractivity contribution in [3.8, 4) is 0 Å². The molecule has 160 valence electrons. The van der Waals surface area contributed by atoms with Crippen molar-refractivity contribution in [2.45, 2.75) is 13.1 Å². The van der Waals surface area contributed by atoms with Gasteiger partial charge in [0.1, 0.15) is 5.56 Å². The SMILES string of the molecule is CN1CCN(Cc2ccc(NC(=O)c3cccn(Cc4ccccc4)c3=O)cc2)CC1. The molecule has 4 rings (SSSR count). The second-order valence-corrected chi connectivity index (χ2v) is 8.07. The van der Waals surface area contributed by atoms with Crippen molar-refractivity contribution in [2.24, 2.45) is 0 Å². The third-order valence-corrected chi connectivity index (χ3v) is 5.67. The van der Waals surface area contributed by atoms with Crippen molar-refractivity contribution in [1.82, 2.24) is 14.4 Å². The Bertz CT molecular complexity index is 1070. The summed E-state index contributed by atoms with van der Waals surface area (Å²) in [6, 6.07) is 20.9. The summed E-state index contributed by atoms with van der Waals surface area (Å²) in [6.07, 6.45) is 1.71. The lowest BCUT2D eigenvalue weighted by Gasteiger charge is -2.32. The number of carbonyl (C=O) groups is 1. The van der Waals surface area contributed by atoms with E-state index in [9.17, 15) is 9.59 Å². The average Bonchev–Trinajstić information content (AvgIpc) is 2.79. The Hall–Kier alpha value is -3.22. The second kappa shape index (κ2) is 9.73. The van der Waals surface area contributed by atoms with Gasteiger partial charge in [0.25, 0.3) is 11.5 Å². The number of pyridine rings is 1. The molecule has 6 nitrogen and oxygen atoms in total. The molecule has 0 saturated carbocycles. The fourth-order valence-electron chi connectivity index (χ4n) is 3.77. The van der Waals surface area contributed by atoms with Crippen molar-refractivity contribution >= 4 is 11.6 Å². The molecule has 1 N–H and O–H groups in total. The highest BCUT2D eigenvalue weighted by Crippen LogP contribution is 2.13. The number of rotatable bonds is 6. The number of nitrogens with zero attached hydrogens (tertiary/aromatic N) is 3. The summed E-state index contributed by atoms with van der Waals surface area (Å²) >= 11 is 0. The van der Waals surface area contributed by atoms with E-state index in [1.54, 1.807) is 22.9 Å². The molecule has 31 heavy (non-hydrogen) atoms. The fourth-order valence-corrected chi connectivity index (χ4v) is 3.77. The molecule has 1 saturated heterocycles. The van der Waals surface area contributed by atoms with Crippen LogP contribution in [-0.4, -0.2) is 53.5 Å². The number of aromatic nitrogens is 1. The molecule has 3 aromatic rings. The number of piperazine rings is 1. The number of hydrogen-bond donors (Lipinski definition) is 1. The van der Waals surface area contributed by atoms with Gasteiger partial charge in [-0.25, -0.2) is 0 Å². The van der Waals surface area contributed by atoms with Crippen LogP contribution in [-0.2, 0) is 13.1 Å². The molecule has 6 heteroatoms. The van der Waals surface area contributed by atoms with E-state index < -0.39 is 0 Å². The number of hydrogen-bond acceptors (Lipinski definition) is 4. The van der Waals surface area contributed by atoms with Crippen molar-refractivity contribution in [3.05, 3.63) is 100.0 Å². The Labute approximate surface area is 182 Å². The molecule has 2 aromatic carbocycles. The van der Waals surface area contributed by atoms with Crippen LogP contribution < -0.4 is 10.9 Å². The number of likely N-dealkylation sites (N-methyl/N-ethyl adjacent to an activating group) is 1. The van der Waals surface area contributed by atoms with E-state index in [1.165, 1.54) is 5.56 Å². The predicted octanol–water partition coefficient (Wildman–Crippen LogP) is 2.90. The Morgan fingerprint density at radius 2 is 1.52 bits per heavy atom. The first-order chi connectivity index (χ1) is 15.1. The monoisotopic (exact) mass is 416 g/mol. The summed E-state index contributed by atoms with van der Waals surface area (Å²) in [5.41, 5.74) is 2.76. The minimum Gasteiger partial charge on any atom is -0.322 e. The average molecular weight is 417 g/mol.